The minimum Gasteiger partial charge on any atom is -0.484 e. The van der Waals surface area contributed by atoms with Crippen molar-refractivity contribution < 1.29 is 14.1 Å². The second-order valence-corrected chi connectivity index (χ2v) is 4.71. The van der Waals surface area contributed by atoms with Gasteiger partial charge in [-0.05, 0) is 18.2 Å². The maximum absolute atomic E-state index is 10.6. The summed E-state index contributed by atoms with van der Waals surface area (Å²) >= 11 is 5.98. The normalized spacial score (nSPS) is 10.7. The van der Waals surface area contributed by atoms with Crippen LogP contribution in [0.2, 0.25) is 5.02 Å². The van der Waals surface area contributed by atoms with Crippen molar-refractivity contribution in [3.8, 4) is 5.75 Å². The van der Waals surface area contributed by atoms with E-state index in [9.17, 15) is 4.79 Å². The van der Waals surface area contributed by atoms with Crippen LogP contribution < -0.4 is 4.74 Å². The maximum atomic E-state index is 10.6. The van der Waals surface area contributed by atoms with Crippen molar-refractivity contribution in [2.75, 3.05) is 0 Å². The Hall–Kier alpha value is -1.88. The van der Waals surface area contributed by atoms with Crippen molar-refractivity contribution in [2.45, 2.75) is 26.4 Å². The van der Waals surface area contributed by atoms with Gasteiger partial charge in [-0.2, -0.15) is 4.98 Å². The highest BCUT2D eigenvalue weighted by molar-refractivity contribution is 6.32. The van der Waals surface area contributed by atoms with Gasteiger partial charge in [0.2, 0.25) is 11.7 Å². The summed E-state index contributed by atoms with van der Waals surface area (Å²) < 4.78 is 10.5. The van der Waals surface area contributed by atoms with Crippen molar-refractivity contribution >= 4 is 17.9 Å². The third kappa shape index (κ3) is 3.32. The molecule has 0 unspecified atom stereocenters. The molecule has 0 atom stereocenters. The lowest BCUT2D eigenvalue weighted by molar-refractivity contribution is 0.112. The molecule has 0 aliphatic rings. The molecule has 2 aromatic rings. The SMILES string of the molecule is CC(C)c1nc(COc2ccc(C=O)cc2Cl)no1. The number of rotatable bonds is 5. The van der Waals surface area contributed by atoms with Crippen LogP contribution in [0, 0.1) is 0 Å². The van der Waals surface area contributed by atoms with Crippen molar-refractivity contribution in [1.29, 1.82) is 0 Å². The molecule has 0 fully saturated rings. The molecular formula is C13H13ClN2O3. The fraction of sp³-hybridized carbons (Fsp3) is 0.308. The van der Waals surface area contributed by atoms with Crippen LogP contribution in [-0.2, 0) is 6.61 Å². The fourth-order valence-electron chi connectivity index (χ4n) is 1.41. The van der Waals surface area contributed by atoms with Crippen LogP contribution in [-0.4, -0.2) is 16.4 Å². The van der Waals surface area contributed by atoms with Gasteiger partial charge in [0.25, 0.3) is 0 Å². The van der Waals surface area contributed by atoms with Crippen molar-refractivity contribution in [1.82, 2.24) is 10.1 Å². The Kier molecular flexibility index (Phi) is 4.16. The molecular weight excluding hydrogens is 268 g/mol. The minimum absolute atomic E-state index is 0.163. The summed E-state index contributed by atoms with van der Waals surface area (Å²) in [5.74, 6) is 1.68. The van der Waals surface area contributed by atoms with E-state index in [1.165, 1.54) is 0 Å². The van der Waals surface area contributed by atoms with Crippen molar-refractivity contribution in [2.24, 2.45) is 0 Å². The van der Waals surface area contributed by atoms with Crippen LogP contribution in [0.4, 0.5) is 0 Å². The van der Waals surface area contributed by atoms with E-state index in [-0.39, 0.29) is 12.5 Å². The third-order valence-electron chi connectivity index (χ3n) is 2.43. The van der Waals surface area contributed by atoms with Gasteiger partial charge in [-0.1, -0.05) is 30.6 Å². The molecule has 0 aliphatic carbocycles. The quantitative estimate of drug-likeness (QED) is 0.787. The maximum Gasteiger partial charge on any atom is 0.229 e. The topological polar surface area (TPSA) is 65.2 Å². The zero-order chi connectivity index (χ0) is 13.8. The molecule has 0 saturated heterocycles. The van der Waals surface area contributed by atoms with Gasteiger partial charge < -0.3 is 9.26 Å². The number of halogens is 1. The van der Waals surface area contributed by atoms with Gasteiger partial charge in [0.05, 0.1) is 5.02 Å². The summed E-state index contributed by atoms with van der Waals surface area (Å²) in [5, 5.41) is 4.18. The van der Waals surface area contributed by atoms with E-state index < -0.39 is 0 Å². The zero-order valence-electron chi connectivity index (χ0n) is 10.6. The molecule has 0 bridgehead atoms. The lowest BCUT2D eigenvalue weighted by atomic mass is 10.2. The molecule has 5 nitrogen and oxygen atoms in total. The summed E-state index contributed by atoms with van der Waals surface area (Å²) in [6.07, 6.45) is 0.726. The zero-order valence-corrected chi connectivity index (χ0v) is 11.3. The number of ether oxygens (including phenoxy) is 1. The molecule has 1 aromatic heterocycles. The molecule has 0 spiro atoms. The Labute approximate surface area is 115 Å². The summed E-state index contributed by atoms with van der Waals surface area (Å²) in [4.78, 5) is 14.8. The molecule has 2 rings (SSSR count). The molecule has 0 N–H and O–H groups in total. The van der Waals surface area contributed by atoms with Gasteiger partial charge >= 0.3 is 0 Å². The third-order valence-corrected chi connectivity index (χ3v) is 2.72. The molecule has 1 aromatic carbocycles. The first-order valence-corrected chi connectivity index (χ1v) is 6.18. The van der Waals surface area contributed by atoms with Gasteiger partial charge in [-0.15, -0.1) is 0 Å². The molecule has 19 heavy (non-hydrogen) atoms. The first-order valence-electron chi connectivity index (χ1n) is 5.80. The summed E-state index contributed by atoms with van der Waals surface area (Å²) in [5.41, 5.74) is 0.499. The Morgan fingerprint density at radius 2 is 2.26 bits per heavy atom. The number of nitrogens with zero attached hydrogens (tertiary/aromatic N) is 2. The number of aldehydes is 1. The molecule has 6 heteroatoms. The summed E-state index contributed by atoms with van der Waals surface area (Å²) in [6, 6.07) is 4.80. The lowest BCUT2D eigenvalue weighted by Gasteiger charge is -2.05. The number of hydrogen-bond acceptors (Lipinski definition) is 5. The predicted octanol–water partition coefficient (Wildman–Crippen LogP) is 3.24. The molecule has 1 heterocycles. The van der Waals surface area contributed by atoms with Crippen LogP contribution >= 0.6 is 11.6 Å². The molecule has 0 amide bonds. The van der Waals surface area contributed by atoms with E-state index in [0.29, 0.717) is 28.1 Å². The van der Waals surface area contributed by atoms with E-state index in [1.807, 2.05) is 13.8 Å². The van der Waals surface area contributed by atoms with E-state index >= 15 is 0 Å². The first kappa shape index (κ1) is 13.5. The monoisotopic (exact) mass is 280 g/mol. The Bertz CT molecular complexity index is 581. The van der Waals surface area contributed by atoms with Crippen LogP contribution in [0.3, 0.4) is 0 Å². The number of hydrogen-bond donors (Lipinski definition) is 0. The minimum atomic E-state index is 0.163. The standard InChI is InChI=1S/C13H13ClN2O3/c1-8(2)13-15-12(16-19-13)7-18-11-4-3-9(6-17)5-10(11)14/h3-6,8H,7H2,1-2H3. The second-order valence-electron chi connectivity index (χ2n) is 4.30. The van der Waals surface area contributed by atoms with Crippen LogP contribution in [0.25, 0.3) is 0 Å². The molecule has 0 saturated carbocycles. The van der Waals surface area contributed by atoms with Gasteiger partial charge in [-0.25, -0.2) is 0 Å². The van der Waals surface area contributed by atoms with Crippen LogP contribution in [0.5, 0.6) is 5.75 Å². The molecule has 0 radical (unpaired) electrons. The molecule has 0 aliphatic heterocycles. The van der Waals surface area contributed by atoms with Crippen molar-refractivity contribution in [3.05, 3.63) is 40.5 Å². The average Bonchev–Trinajstić information content (AvgIpc) is 2.86. The highest BCUT2D eigenvalue weighted by atomic mass is 35.5. The predicted molar refractivity (Wildman–Crippen MR) is 69.6 cm³/mol. The van der Waals surface area contributed by atoms with Gasteiger partial charge in [0.15, 0.2) is 6.61 Å². The van der Waals surface area contributed by atoms with Gasteiger partial charge in [0.1, 0.15) is 12.0 Å². The van der Waals surface area contributed by atoms with Crippen LogP contribution in [0.15, 0.2) is 22.7 Å². The van der Waals surface area contributed by atoms with E-state index in [2.05, 4.69) is 10.1 Å². The summed E-state index contributed by atoms with van der Waals surface area (Å²) in [7, 11) is 0. The Balaban J connectivity index is 2.03. The first-order chi connectivity index (χ1) is 9.10. The van der Waals surface area contributed by atoms with Crippen molar-refractivity contribution in [3.63, 3.8) is 0 Å². The van der Waals surface area contributed by atoms with Gasteiger partial charge in [-0.3, -0.25) is 4.79 Å². The highest BCUT2D eigenvalue weighted by Crippen LogP contribution is 2.25. The average molecular weight is 281 g/mol. The Morgan fingerprint density at radius 3 is 2.84 bits per heavy atom. The molecule has 100 valence electrons. The van der Waals surface area contributed by atoms with E-state index in [0.717, 1.165) is 6.29 Å². The van der Waals surface area contributed by atoms with E-state index in [1.54, 1.807) is 18.2 Å². The smallest absolute Gasteiger partial charge is 0.229 e. The number of carbonyl (C=O) groups is 1. The fourth-order valence-corrected chi connectivity index (χ4v) is 1.65. The number of benzene rings is 1. The van der Waals surface area contributed by atoms with Gasteiger partial charge in [0, 0.05) is 11.5 Å². The van der Waals surface area contributed by atoms with E-state index in [4.69, 9.17) is 20.9 Å². The lowest BCUT2D eigenvalue weighted by Crippen LogP contribution is -1.99. The largest absolute Gasteiger partial charge is 0.484 e. The highest BCUT2D eigenvalue weighted by Gasteiger charge is 2.11. The Morgan fingerprint density at radius 1 is 1.47 bits per heavy atom. The van der Waals surface area contributed by atoms with Crippen LogP contribution in [0.1, 0.15) is 41.8 Å². The number of carbonyl (C=O) groups excluding carboxylic acids is 1. The number of aromatic nitrogens is 2. The summed E-state index contributed by atoms with van der Waals surface area (Å²) in [6.45, 7) is 4.09. The second kappa shape index (κ2) is 5.84.